The number of carboxylic acid groups (broad SMARTS) is 1. The van der Waals surface area contributed by atoms with Crippen LogP contribution in [0.15, 0.2) is 29.6 Å². The molecule has 4 rings (SSSR count). The van der Waals surface area contributed by atoms with E-state index in [0.29, 0.717) is 31.2 Å². The Labute approximate surface area is 346 Å². The monoisotopic (exact) mass is 829 g/mol. The second-order valence-electron chi connectivity index (χ2n) is 16.6. The van der Waals surface area contributed by atoms with E-state index in [4.69, 9.17) is 9.47 Å². The van der Waals surface area contributed by atoms with Crippen LogP contribution in [0.2, 0.25) is 0 Å². The summed E-state index contributed by atoms with van der Waals surface area (Å²) in [5.41, 5.74) is 0.807. The van der Waals surface area contributed by atoms with Crippen LogP contribution in [0.4, 0.5) is 4.39 Å². The highest BCUT2D eigenvalue weighted by Crippen LogP contribution is 2.33. The highest BCUT2D eigenvalue weighted by molar-refractivity contribution is 7.09. The molecule has 0 unspecified atom stereocenters. The van der Waals surface area contributed by atoms with Gasteiger partial charge >= 0.3 is 11.9 Å². The minimum absolute atomic E-state index is 0.0766. The summed E-state index contributed by atoms with van der Waals surface area (Å²) in [7, 11) is 1.95. The van der Waals surface area contributed by atoms with Crippen molar-refractivity contribution in [2.24, 2.45) is 23.7 Å². The third-order valence-corrected chi connectivity index (χ3v) is 12.6. The number of aliphatic carboxylic acids is 1. The number of carbonyl (C=O) groups excluding carboxylic acids is 4. The predicted octanol–water partition coefficient (Wildman–Crippen LogP) is 6.02. The molecule has 1 aromatic carbocycles. The quantitative estimate of drug-likeness (QED) is 0.134. The second kappa shape index (κ2) is 22.4. The van der Waals surface area contributed by atoms with Gasteiger partial charge in [-0.1, -0.05) is 59.6 Å². The van der Waals surface area contributed by atoms with E-state index in [-0.39, 0.29) is 60.6 Å². The number of piperidine rings is 1. The normalized spacial score (nSPS) is 19.6. The molecule has 2 aromatic rings. The lowest BCUT2D eigenvalue weighted by Crippen LogP contribution is -2.59. The first-order chi connectivity index (χ1) is 27.6. The summed E-state index contributed by atoms with van der Waals surface area (Å²) < 4.78 is 25.2. The molecule has 0 aliphatic carbocycles. The molecular weight excluding hydrogens is 766 g/mol. The number of carbonyl (C=O) groups is 5. The van der Waals surface area contributed by atoms with E-state index in [9.17, 15) is 28.7 Å². The Morgan fingerprint density at radius 2 is 1.72 bits per heavy atom. The molecule has 13 nitrogen and oxygen atoms in total. The summed E-state index contributed by atoms with van der Waals surface area (Å²) >= 11 is 1.16. The Bertz CT molecular complexity index is 1670. The van der Waals surface area contributed by atoms with Crippen LogP contribution in [-0.4, -0.2) is 107 Å². The minimum atomic E-state index is -1.00. The fourth-order valence-electron chi connectivity index (χ4n) is 7.92. The van der Waals surface area contributed by atoms with Gasteiger partial charge in [-0.25, -0.2) is 9.37 Å². The molecule has 3 heterocycles. The van der Waals surface area contributed by atoms with E-state index in [0.717, 1.165) is 55.5 Å². The number of likely N-dealkylation sites (N-methyl/N-ethyl adjacent to an activating group) is 1. The molecule has 322 valence electrons. The number of hydrogen-bond acceptors (Lipinski definition) is 10. The number of likely N-dealkylation sites (tertiary alicyclic amines) is 1. The fraction of sp³-hybridized carbons (Fsp3) is 0.674. The molecule has 7 atom stereocenters. The van der Waals surface area contributed by atoms with Crippen LogP contribution in [0.25, 0.3) is 0 Å². The van der Waals surface area contributed by atoms with Gasteiger partial charge in [0.05, 0.1) is 12.0 Å². The molecule has 2 fully saturated rings. The first-order valence-corrected chi connectivity index (χ1v) is 21.7. The maximum absolute atomic E-state index is 15.0. The number of aromatic nitrogens is 1. The van der Waals surface area contributed by atoms with E-state index >= 15 is 4.79 Å². The molecule has 58 heavy (non-hydrogen) atoms. The number of hydrogen-bond donors (Lipinski definition) is 3. The first kappa shape index (κ1) is 46.7. The summed E-state index contributed by atoms with van der Waals surface area (Å²) in [5, 5.41) is 17.7. The molecule has 2 aliphatic rings. The molecule has 2 saturated heterocycles. The number of amides is 3. The first-order valence-electron chi connectivity index (χ1n) is 20.9. The standard InChI is InChI=1S/C43H64FN5O8S/c1-8-27(4)38(47-40(52)35-11-9-10-18-48(35)7)42(53)49(24-31-16-19-56-20-17-31)36(26(2)3)23-37(57-29(6)50)41-46-34(25-58-41)39(51)45-33(21-28(5)43(54)55)22-30-12-14-32(44)15-13-30/h12-15,25-28,31,33,35-38H,8-11,16-24H2,1-7H3,(H,45,51)(H,47,52)(H,54,55)/t27-,28-,33+,35+,36+,37+,38-/m0/s1. The molecule has 0 spiro atoms. The maximum Gasteiger partial charge on any atom is 0.306 e. The molecule has 0 saturated carbocycles. The van der Waals surface area contributed by atoms with Crippen LogP contribution >= 0.6 is 11.3 Å². The largest absolute Gasteiger partial charge is 0.481 e. The van der Waals surface area contributed by atoms with E-state index in [1.165, 1.54) is 19.1 Å². The Morgan fingerprint density at radius 1 is 1.03 bits per heavy atom. The predicted molar refractivity (Wildman–Crippen MR) is 220 cm³/mol. The molecular formula is C43H64FN5O8S. The van der Waals surface area contributed by atoms with Crippen LogP contribution < -0.4 is 10.6 Å². The molecule has 3 N–H and O–H groups in total. The maximum atomic E-state index is 15.0. The molecule has 3 amide bonds. The number of thiazole rings is 1. The Balaban J connectivity index is 1.62. The third-order valence-electron chi connectivity index (χ3n) is 11.7. The van der Waals surface area contributed by atoms with E-state index in [1.54, 1.807) is 24.4 Å². The number of esters is 1. The SMILES string of the molecule is CC[C@H](C)[C@H](NC(=O)[C@H]1CCCCN1C)C(=O)N(CC1CCOCC1)[C@H](C[C@@H](OC(C)=O)c1nc(C(=O)N[C@@H](Cc2ccc(F)cc2)C[C@H](C)C(=O)O)cs1)C(C)C. The van der Waals surface area contributed by atoms with Gasteiger partial charge in [0.15, 0.2) is 6.10 Å². The zero-order valence-corrected chi connectivity index (χ0v) is 36.0. The molecule has 0 bridgehead atoms. The van der Waals surface area contributed by atoms with Crippen molar-refractivity contribution in [2.75, 3.05) is 33.4 Å². The lowest BCUT2D eigenvalue weighted by molar-refractivity contribution is -0.150. The number of benzene rings is 1. The van der Waals surface area contributed by atoms with Gasteiger partial charge in [-0.2, -0.15) is 0 Å². The summed E-state index contributed by atoms with van der Waals surface area (Å²) in [6, 6.07) is 3.74. The molecule has 0 radical (unpaired) electrons. The minimum Gasteiger partial charge on any atom is -0.481 e. The fourth-order valence-corrected chi connectivity index (χ4v) is 8.76. The zero-order valence-electron chi connectivity index (χ0n) is 35.2. The number of rotatable bonds is 20. The topological polar surface area (TPSA) is 167 Å². The second-order valence-corrected chi connectivity index (χ2v) is 17.5. The zero-order chi connectivity index (χ0) is 42.5. The summed E-state index contributed by atoms with van der Waals surface area (Å²) in [6.07, 6.45) is 4.68. The van der Waals surface area contributed by atoms with Gasteiger partial charge in [-0.3, -0.25) is 28.9 Å². The summed E-state index contributed by atoms with van der Waals surface area (Å²) in [5.74, 6) is -3.61. The van der Waals surface area contributed by atoms with Gasteiger partial charge < -0.3 is 30.1 Å². The van der Waals surface area contributed by atoms with Gasteiger partial charge in [-0.05, 0) is 87.6 Å². The highest BCUT2D eigenvalue weighted by Gasteiger charge is 2.40. The molecule has 15 heteroatoms. The Hall–Kier alpha value is -3.95. The van der Waals surface area contributed by atoms with Crippen LogP contribution in [0.3, 0.4) is 0 Å². The lowest BCUT2D eigenvalue weighted by atomic mass is 9.90. The smallest absolute Gasteiger partial charge is 0.306 e. The lowest BCUT2D eigenvalue weighted by Gasteiger charge is -2.42. The van der Waals surface area contributed by atoms with Crippen LogP contribution in [0, 0.1) is 29.5 Å². The molecule has 1 aromatic heterocycles. The van der Waals surface area contributed by atoms with Crippen molar-refractivity contribution >= 4 is 41.0 Å². The van der Waals surface area contributed by atoms with Gasteiger partial charge in [0.2, 0.25) is 11.8 Å². The van der Waals surface area contributed by atoms with Crippen molar-refractivity contribution in [3.05, 3.63) is 51.7 Å². The third kappa shape index (κ3) is 13.6. The highest BCUT2D eigenvalue weighted by atomic mass is 32.1. The van der Waals surface area contributed by atoms with Crippen LogP contribution in [-0.2, 0) is 35.1 Å². The average molecular weight is 830 g/mol. The van der Waals surface area contributed by atoms with Crippen molar-refractivity contribution in [2.45, 2.75) is 130 Å². The number of nitrogens with one attached hydrogen (secondary N) is 2. The summed E-state index contributed by atoms with van der Waals surface area (Å²) in [4.78, 5) is 75.4. The van der Waals surface area contributed by atoms with Crippen molar-refractivity contribution in [3.63, 3.8) is 0 Å². The summed E-state index contributed by atoms with van der Waals surface area (Å²) in [6.45, 7) is 13.4. The van der Waals surface area contributed by atoms with Gasteiger partial charge in [0.25, 0.3) is 5.91 Å². The van der Waals surface area contributed by atoms with Crippen molar-refractivity contribution in [1.82, 2.24) is 25.4 Å². The van der Waals surface area contributed by atoms with Gasteiger partial charge in [0, 0.05) is 50.6 Å². The average Bonchev–Trinajstić information content (AvgIpc) is 3.69. The molecule has 2 aliphatic heterocycles. The number of nitrogens with zero attached hydrogens (tertiary/aromatic N) is 3. The van der Waals surface area contributed by atoms with E-state index in [2.05, 4.69) is 20.5 Å². The Morgan fingerprint density at radius 3 is 2.33 bits per heavy atom. The van der Waals surface area contributed by atoms with Crippen molar-refractivity contribution < 1.29 is 42.9 Å². The van der Waals surface area contributed by atoms with Crippen molar-refractivity contribution in [3.8, 4) is 0 Å². The van der Waals surface area contributed by atoms with Gasteiger partial charge in [0.1, 0.15) is 22.6 Å². The van der Waals surface area contributed by atoms with Gasteiger partial charge in [-0.15, -0.1) is 11.3 Å². The number of carboxylic acids is 1. The van der Waals surface area contributed by atoms with Crippen molar-refractivity contribution in [1.29, 1.82) is 0 Å². The Kier molecular flexibility index (Phi) is 18.1. The van der Waals surface area contributed by atoms with E-state index < -0.39 is 53.8 Å². The number of ether oxygens (including phenoxy) is 2. The van der Waals surface area contributed by atoms with Crippen LogP contribution in [0.5, 0.6) is 0 Å². The van der Waals surface area contributed by atoms with E-state index in [1.807, 2.05) is 39.6 Å². The number of halogens is 1. The van der Waals surface area contributed by atoms with Crippen LogP contribution in [0.1, 0.15) is 120 Å².